The highest BCUT2D eigenvalue weighted by Crippen LogP contribution is 2.50. The Morgan fingerprint density at radius 3 is 2.53 bits per heavy atom. The fourth-order valence-corrected chi connectivity index (χ4v) is 7.20. The number of hydrogen-bond acceptors (Lipinski definition) is 8. The van der Waals surface area contributed by atoms with Crippen LogP contribution in [0.15, 0.2) is 41.4 Å². The zero-order valence-electron chi connectivity index (χ0n) is 21.2. The monoisotopic (exact) mass is 560 g/mol. The molecule has 4 aliphatic rings. The van der Waals surface area contributed by atoms with Crippen molar-refractivity contribution in [2.24, 2.45) is 5.41 Å². The first-order valence-electron chi connectivity index (χ1n) is 13.4. The molecule has 2 aromatic rings. The fraction of sp³-hybridized carbons (Fsp3) is 0.556. The minimum atomic E-state index is -4.22. The Hall–Kier alpha value is -2.56. The number of anilines is 2. The molecule has 2 N–H and O–H groups in total. The summed E-state index contributed by atoms with van der Waals surface area (Å²) in [7, 11) is -4.22. The van der Waals surface area contributed by atoms with Crippen LogP contribution in [0.25, 0.3) is 0 Å². The van der Waals surface area contributed by atoms with E-state index in [0.29, 0.717) is 54.4 Å². The Bertz CT molecular complexity index is 1330. The van der Waals surface area contributed by atoms with E-state index in [1.165, 1.54) is 38.2 Å². The van der Waals surface area contributed by atoms with Crippen molar-refractivity contribution in [1.29, 1.82) is 0 Å². The smallest absolute Gasteiger partial charge is 0.281 e. The number of rotatable bonds is 7. The Morgan fingerprint density at radius 2 is 1.84 bits per heavy atom. The second kappa shape index (κ2) is 9.57. The highest BCUT2D eigenvalue weighted by Gasteiger charge is 2.55. The zero-order chi connectivity index (χ0) is 26.5. The number of hydrogen-bond donors (Lipinski definition) is 2. The van der Waals surface area contributed by atoms with Gasteiger partial charge in [-0.1, -0.05) is 36.9 Å². The van der Waals surface area contributed by atoms with Gasteiger partial charge in [0.25, 0.3) is 15.9 Å². The predicted octanol–water partition coefficient (Wildman–Crippen LogP) is 3.49. The molecule has 4 fully saturated rings. The van der Waals surface area contributed by atoms with Crippen molar-refractivity contribution in [2.75, 3.05) is 36.0 Å². The summed E-state index contributed by atoms with van der Waals surface area (Å²) in [6.07, 6.45) is 7.27. The summed E-state index contributed by atoms with van der Waals surface area (Å²) in [4.78, 5) is 21.6. The highest BCUT2D eigenvalue weighted by molar-refractivity contribution is 7.90. The Labute approximate surface area is 228 Å². The standard InChI is InChI=1S/C27H33ClN4O5S/c28-19-7-8-21(32-17-26(18-32)10-2-1-3-11-26)22(15-19)37-27(12-13-27)25(34)30-38(35,36)24-6-4-5-23(29-24)31-14-9-20(33)16-31/h4-8,15,20,33H,1-3,9-14,16-18H2,(H,30,34)/t20-/m0/s1. The van der Waals surface area contributed by atoms with Crippen molar-refractivity contribution in [3.05, 3.63) is 41.4 Å². The number of aromatic nitrogens is 1. The van der Waals surface area contributed by atoms with E-state index in [-0.39, 0.29) is 5.03 Å². The number of aliphatic hydroxyl groups excluding tert-OH is 1. The topological polar surface area (TPSA) is 112 Å². The van der Waals surface area contributed by atoms with Crippen molar-refractivity contribution in [2.45, 2.75) is 68.1 Å². The molecule has 1 amide bonds. The molecule has 1 aromatic heterocycles. The van der Waals surface area contributed by atoms with E-state index in [2.05, 4.69) is 14.6 Å². The van der Waals surface area contributed by atoms with E-state index in [0.717, 1.165) is 18.8 Å². The number of halogens is 1. The molecule has 1 spiro atoms. The first-order valence-corrected chi connectivity index (χ1v) is 15.2. The number of aliphatic hydroxyl groups is 1. The van der Waals surface area contributed by atoms with Crippen LogP contribution in [0.3, 0.4) is 0 Å². The second-order valence-electron chi connectivity index (χ2n) is 11.3. The minimum Gasteiger partial charge on any atom is -0.475 e. The number of sulfonamides is 1. The Balaban J connectivity index is 1.17. The third kappa shape index (κ3) is 4.94. The van der Waals surface area contributed by atoms with Gasteiger partial charge in [-0.15, -0.1) is 0 Å². The molecule has 9 nitrogen and oxygen atoms in total. The molecule has 1 atom stereocenters. The van der Waals surface area contributed by atoms with Gasteiger partial charge in [0.15, 0.2) is 10.6 Å². The van der Waals surface area contributed by atoms with Crippen molar-refractivity contribution < 1.29 is 23.1 Å². The van der Waals surface area contributed by atoms with Crippen molar-refractivity contribution in [1.82, 2.24) is 9.71 Å². The summed E-state index contributed by atoms with van der Waals surface area (Å²) in [5.41, 5.74) is -0.0157. The maximum atomic E-state index is 13.3. The molecule has 2 aliphatic carbocycles. The number of benzene rings is 1. The van der Waals surface area contributed by atoms with E-state index in [4.69, 9.17) is 16.3 Å². The SMILES string of the molecule is O=C(NS(=O)(=O)c1cccc(N2CC[C@H](O)C2)n1)C1(Oc2cc(Cl)ccc2N2CC3(CCCCC3)C2)CC1. The van der Waals surface area contributed by atoms with Gasteiger partial charge in [-0.25, -0.2) is 9.71 Å². The number of nitrogens with one attached hydrogen (secondary N) is 1. The van der Waals surface area contributed by atoms with Gasteiger partial charge in [-0.2, -0.15) is 8.42 Å². The summed E-state index contributed by atoms with van der Waals surface area (Å²) in [6, 6.07) is 10.1. The van der Waals surface area contributed by atoms with Gasteiger partial charge in [0.05, 0.1) is 11.8 Å². The van der Waals surface area contributed by atoms with Gasteiger partial charge < -0.3 is 19.6 Å². The maximum Gasteiger partial charge on any atom is 0.281 e. The maximum absolute atomic E-state index is 13.3. The van der Waals surface area contributed by atoms with E-state index in [1.54, 1.807) is 18.2 Å². The van der Waals surface area contributed by atoms with Crippen LogP contribution in [0.1, 0.15) is 51.4 Å². The highest BCUT2D eigenvalue weighted by atomic mass is 35.5. The predicted molar refractivity (Wildman–Crippen MR) is 144 cm³/mol. The van der Waals surface area contributed by atoms with Gasteiger partial charge in [0.1, 0.15) is 11.6 Å². The average molecular weight is 561 g/mol. The number of pyridine rings is 1. The number of ether oxygens (including phenoxy) is 1. The first-order chi connectivity index (χ1) is 18.2. The van der Waals surface area contributed by atoms with Gasteiger partial charge in [0, 0.05) is 55.5 Å². The van der Waals surface area contributed by atoms with Crippen LogP contribution in [0.2, 0.25) is 5.02 Å². The van der Waals surface area contributed by atoms with Crippen LogP contribution >= 0.6 is 11.6 Å². The van der Waals surface area contributed by atoms with E-state index in [1.807, 2.05) is 17.0 Å². The molecule has 11 heteroatoms. The van der Waals surface area contributed by atoms with Crippen LogP contribution < -0.4 is 19.3 Å². The minimum absolute atomic E-state index is 0.248. The largest absolute Gasteiger partial charge is 0.475 e. The molecule has 204 valence electrons. The van der Waals surface area contributed by atoms with Crippen LogP contribution in [0, 0.1) is 5.41 Å². The van der Waals surface area contributed by atoms with E-state index < -0.39 is 27.6 Å². The number of amides is 1. The number of carbonyl (C=O) groups excluding carboxylic acids is 1. The van der Waals surface area contributed by atoms with Crippen LogP contribution in [0.4, 0.5) is 11.5 Å². The molecule has 1 aromatic carbocycles. The zero-order valence-corrected chi connectivity index (χ0v) is 22.8. The lowest BCUT2D eigenvalue weighted by Crippen LogP contribution is -2.57. The fourth-order valence-electron chi connectivity index (χ4n) is 6.03. The number of β-amino-alcohol motifs (C(OH)–C–C–N with tert-alkyl or cyclic N) is 1. The van der Waals surface area contributed by atoms with Crippen LogP contribution in [-0.2, 0) is 14.8 Å². The quantitative estimate of drug-likeness (QED) is 0.529. The normalized spacial score (nSPS) is 23.7. The summed E-state index contributed by atoms with van der Waals surface area (Å²) >= 11 is 6.30. The third-order valence-corrected chi connectivity index (χ3v) is 9.82. The molecule has 38 heavy (non-hydrogen) atoms. The van der Waals surface area contributed by atoms with Crippen LogP contribution in [-0.4, -0.2) is 62.3 Å². The van der Waals surface area contributed by atoms with Crippen molar-refractivity contribution in [3.63, 3.8) is 0 Å². The van der Waals surface area contributed by atoms with Crippen molar-refractivity contribution in [3.8, 4) is 5.75 Å². The Kier molecular flexibility index (Phi) is 6.47. The Morgan fingerprint density at radius 1 is 1.08 bits per heavy atom. The molecule has 6 rings (SSSR count). The molecule has 2 saturated heterocycles. The number of carbonyl (C=O) groups is 1. The van der Waals surface area contributed by atoms with Gasteiger partial charge in [0.2, 0.25) is 0 Å². The lowest BCUT2D eigenvalue weighted by Gasteiger charge is -2.53. The van der Waals surface area contributed by atoms with Crippen molar-refractivity contribution >= 4 is 39.0 Å². The van der Waals surface area contributed by atoms with E-state index in [9.17, 15) is 18.3 Å². The van der Waals surface area contributed by atoms with Gasteiger partial charge in [-0.05, 0) is 43.5 Å². The summed E-state index contributed by atoms with van der Waals surface area (Å²) in [5, 5.41) is 10.1. The summed E-state index contributed by atoms with van der Waals surface area (Å²) < 4.78 is 34.7. The van der Waals surface area contributed by atoms with Gasteiger partial charge >= 0.3 is 0 Å². The van der Waals surface area contributed by atoms with Crippen LogP contribution in [0.5, 0.6) is 5.75 Å². The number of nitrogens with zero attached hydrogens (tertiary/aromatic N) is 3. The van der Waals surface area contributed by atoms with E-state index >= 15 is 0 Å². The first kappa shape index (κ1) is 25.7. The summed E-state index contributed by atoms with van der Waals surface area (Å²) in [5.74, 6) is 0.239. The molecule has 0 radical (unpaired) electrons. The lowest BCUT2D eigenvalue weighted by molar-refractivity contribution is -0.127. The molecule has 0 unspecified atom stereocenters. The lowest BCUT2D eigenvalue weighted by atomic mass is 9.68. The van der Waals surface area contributed by atoms with Gasteiger partial charge in [-0.3, -0.25) is 4.79 Å². The average Bonchev–Trinajstić information content (AvgIpc) is 3.54. The second-order valence-corrected chi connectivity index (χ2v) is 13.3. The molecule has 2 saturated carbocycles. The summed E-state index contributed by atoms with van der Waals surface area (Å²) in [6.45, 7) is 2.88. The molecular formula is C27H33ClN4O5S. The third-order valence-electron chi connectivity index (χ3n) is 8.35. The molecule has 0 bridgehead atoms. The molecular weight excluding hydrogens is 528 g/mol. The molecule has 3 heterocycles. The molecule has 2 aliphatic heterocycles.